The van der Waals surface area contributed by atoms with Crippen LogP contribution in [-0.4, -0.2) is 47.0 Å². The van der Waals surface area contributed by atoms with E-state index in [-0.39, 0.29) is 5.91 Å². The smallest absolute Gasteiger partial charge is 0.254 e. The van der Waals surface area contributed by atoms with Crippen LogP contribution in [-0.2, 0) is 19.3 Å². The van der Waals surface area contributed by atoms with Crippen LogP contribution in [0.3, 0.4) is 0 Å². The lowest BCUT2D eigenvalue weighted by atomic mass is 9.89. The molecule has 1 saturated heterocycles. The molecule has 4 aromatic rings. The van der Waals surface area contributed by atoms with Crippen molar-refractivity contribution >= 4 is 44.1 Å². The molecule has 1 aliphatic heterocycles. The molecule has 2 aromatic carbocycles. The van der Waals surface area contributed by atoms with Crippen molar-refractivity contribution in [3.8, 4) is 0 Å². The van der Waals surface area contributed by atoms with Crippen molar-refractivity contribution in [2.45, 2.75) is 52.4 Å². The minimum atomic E-state index is 0.129. The number of nitrogens with zero attached hydrogens (tertiary/aromatic N) is 4. The van der Waals surface area contributed by atoms with Crippen molar-refractivity contribution in [3.63, 3.8) is 0 Å². The molecule has 2 aliphatic rings. The summed E-state index contributed by atoms with van der Waals surface area (Å²) in [5.74, 6) is 2.95. The van der Waals surface area contributed by atoms with E-state index in [0.29, 0.717) is 13.1 Å². The maximum Gasteiger partial charge on any atom is 0.254 e. The van der Waals surface area contributed by atoms with Gasteiger partial charge in [-0.15, -0.1) is 11.3 Å². The number of aryl methyl sites for hydroxylation is 2. The number of anilines is 1. The number of carbonyl (C=O) groups is 1. The molecular weight excluding hydrogens is 464 g/mol. The zero-order valence-electron chi connectivity index (χ0n) is 21.3. The molecule has 0 N–H and O–H groups in total. The first-order chi connectivity index (χ1) is 17.6. The summed E-state index contributed by atoms with van der Waals surface area (Å²) in [6.07, 6.45) is 6.71. The Kier molecular flexibility index (Phi) is 6.38. The largest absolute Gasteiger partial charge is 0.352 e. The molecule has 186 valence electrons. The Labute approximate surface area is 217 Å². The van der Waals surface area contributed by atoms with E-state index in [2.05, 4.69) is 36.9 Å². The average Bonchev–Trinajstić information content (AvgIpc) is 3.28. The molecular formula is C30H34N4OS. The lowest BCUT2D eigenvalue weighted by Crippen LogP contribution is -2.49. The minimum Gasteiger partial charge on any atom is -0.352 e. The third-order valence-electron chi connectivity index (χ3n) is 7.82. The number of hydrogen-bond donors (Lipinski definition) is 0. The van der Waals surface area contributed by atoms with Crippen LogP contribution in [0.4, 0.5) is 5.82 Å². The van der Waals surface area contributed by atoms with E-state index in [1.165, 1.54) is 27.1 Å². The summed E-state index contributed by atoms with van der Waals surface area (Å²) >= 11 is 1.89. The van der Waals surface area contributed by atoms with Crippen molar-refractivity contribution in [2.75, 3.05) is 31.1 Å². The van der Waals surface area contributed by atoms with Crippen LogP contribution in [0.5, 0.6) is 0 Å². The Balaban J connectivity index is 1.28. The fraction of sp³-hybridized carbons (Fsp3) is 0.433. The molecule has 0 bridgehead atoms. The summed E-state index contributed by atoms with van der Waals surface area (Å²) in [7, 11) is 0. The van der Waals surface area contributed by atoms with E-state index in [1.807, 2.05) is 40.5 Å². The second kappa shape index (κ2) is 9.81. The molecule has 1 fully saturated rings. The van der Waals surface area contributed by atoms with E-state index in [4.69, 9.17) is 9.97 Å². The normalized spacial score (nSPS) is 18.1. The summed E-state index contributed by atoms with van der Waals surface area (Å²) < 4.78 is 0. The SMILES string of the molecule is CCCCc1nc(N2CCN(C(=O)c3cccc4ccccc34)CC2)c2c3c(sc2n1)CC(C)CC3. The fourth-order valence-electron chi connectivity index (χ4n) is 5.75. The van der Waals surface area contributed by atoms with Crippen molar-refractivity contribution in [1.82, 2.24) is 14.9 Å². The molecule has 1 atom stereocenters. The predicted octanol–water partition coefficient (Wildman–Crippen LogP) is 6.27. The summed E-state index contributed by atoms with van der Waals surface area (Å²) in [5.41, 5.74) is 2.29. The van der Waals surface area contributed by atoms with Gasteiger partial charge < -0.3 is 9.80 Å². The average molecular weight is 499 g/mol. The number of unbranched alkanes of at least 4 members (excludes halogenated alkanes) is 1. The number of carbonyl (C=O) groups excluding carboxylic acids is 1. The van der Waals surface area contributed by atoms with E-state index in [9.17, 15) is 4.79 Å². The summed E-state index contributed by atoms with van der Waals surface area (Å²) in [5, 5.41) is 3.43. The second-order valence-electron chi connectivity index (χ2n) is 10.4. The highest BCUT2D eigenvalue weighted by molar-refractivity contribution is 7.19. The molecule has 0 spiro atoms. The number of aromatic nitrogens is 2. The maximum atomic E-state index is 13.5. The standard InChI is InChI=1S/C30H34N4OS/c1-3-4-12-26-31-28(27-24-14-13-20(2)19-25(24)36-29(27)32-26)33-15-17-34(18-16-33)30(35)23-11-7-9-21-8-5-6-10-22(21)23/h5-11,20H,3-4,12-19H2,1-2H3. The number of fused-ring (bicyclic) bond motifs is 4. The van der Waals surface area contributed by atoms with Gasteiger partial charge in [0.25, 0.3) is 5.91 Å². The number of piperazine rings is 1. The number of hydrogen-bond acceptors (Lipinski definition) is 5. The molecule has 6 heteroatoms. The van der Waals surface area contributed by atoms with Crippen LogP contribution in [0.2, 0.25) is 0 Å². The Morgan fingerprint density at radius 3 is 2.69 bits per heavy atom. The number of benzene rings is 2. The number of thiophene rings is 1. The minimum absolute atomic E-state index is 0.129. The van der Waals surface area contributed by atoms with Gasteiger partial charge in [0.1, 0.15) is 16.5 Å². The van der Waals surface area contributed by atoms with Gasteiger partial charge in [0.15, 0.2) is 0 Å². The lowest BCUT2D eigenvalue weighted by molar-refractivity contribution is 0.0748. The van der Waals surface area contributed by atoms with Crippen LogP contribution < -0.4 is 4.90 Å². The molecule has 3 heterocycles. The Hall–Kier alpha value is -2.99. The Morgan fingerprint density at radius 1 is 1.06 bits per heavy atom. The second-order valence-corrected chi connectivity index (χ2v) is 11.5. The van der Waals surface area contributed by atoms with Crippen LogP contribution >= 0.6 is 11.3 Å². The van der Waals surface area contributed by atoms with Gasteiger partial charge in [0.2, 0.25) is 0 Å². The molecule has 0 saturated carbocycles. The van der Waals surface area contributed by atoms with E-state index in [1.54, 1.807) is 0 Å². The van der Waals surface area contributed by atoms with Gasteiger partial charge in [-0.25, -0.2) is 9.97 Å². The molecule has 1 unspecified atom stereocenters. The monoisotopic (exact) mass is 498 g/mol. The Bertz CT molecular complexity index is 1410. The van der Waals surface area contributed by atoms with Crippen molar-refractivity contribution in [3.05, 3.63) is 64.3 Å². The molecule has 5 nitrogen and oxygen atoms in total. The highest BCUT2D eigenvalue weighted by atomic mass is 32.1. The first kappa shape index (κ1) is 23.4. The van der Waals surface area contributed by atoms with Gasteiger partial charge in [-0.05, 0) is 54.0 Å². The van der Waals surface area contributed by atoms with Gasteiger partial charge in [0, 0.05) is 43.0 Å². The zero-order valence-corrected chi connectivity index (χ0v) is 22.1. The predicted molar refractivity (Wildman–Crippen MR) is 149 cm³/mol. The molecule has 6 rings (SSSR count). The molecule has 2 aromatic heterocycles. The van der Waals surface area contributed by atoms with Crippen LogP contribution in [0, 0.1) is 5.92 Å². The third-order valence-corrected chi connectivity index (χ3v) is 8.97. The van der Waals surface area contributed by atoms with Crippen molar-refractivity contribution in [1.29, 1.82) is 0 Å². The summed E-state index contributed by atoms with van der Waals surface area (Å²) in [6, 6.07) is 14.2. The van der Waals surface area contributed by atoms with Gasteiger partial charge in [-0.2, -0.15) is 0 Å². The quantitative estimate of drug-likeness (QED) is 0.325. The van der Waals surface area contributed by atoms with Crippen molar-refractivity contribution in [2.24, 2.45) is 5.92 Å². The van der Waals surface area contributed by atoms with E-state index < -0.39 is 0 Å². The summed E-state index contributed by atoms with van der Waals surface area (Å²) in [4.78, 5) is 30.8. The first-order valence-electron chi connectivity index (χ1n) is 13.5. The fourth-order valence-corrected chi connectivity index (χ4v) is 7.14. The van der Waals surface area contributed by atoms with Gasteiger partial charge in [-0.3, -0.25) is 4.79 Å². The molecule has 36 heavy (non-hydrogen) atoms. The molecule has 1 aliphatic carbocycles. The Morgan fingerprint density at radius 2 is 1.86 bits per heavy atom. The van der Waals surface area contributed by atoms with Gasteiger partial charge in [-0.1, -0.05) is 56.7 Å². The lowest BCUT2D eigenvalue weighted by Gasteiger charge is -2.36. The van der Waals surface area contributed by atoms with Crippen LogP contribution in [0.25, 0.3) is 21.0 Å². The highest BCUT2D eigenvalue weighted by Gasteiger charge is 2.29. The topological polar surface area (TPSA) is 49.3 Å². The molecule has 0 radical (unpaired) electrons. The highest BCUT2D eigenvalue weighted by Crippen LogP contribution is 2.41. The summed E-state index contributed by atoms with van der Waals surface area (Å²) in [6.45, 7) is 7.60. The third kappa shape index (κ3) is 4.26. The van der Waals surface area contributed by atoms with Crippen molar-refractivity contribution < 1.29 is 4.79 Å². The van der Waals surface area contributed by atoms with Crippen LogP contribution in [0.15, 0.2) is 42.5 Å². The van der Waals surface area contributed by atoms with Crippen LogP contribution in [0.1, 0.15) is 59.7 Å². The van der Waals surface area contributed by atoms with Gasteiger partial charge >= 0.3 is 0 Å². The van der Waals surface area contributed by atoms with Gasteiger partial charge in [0.05, 0.1) is 5.39 Å². The number of amides is 1. The van der Waals surface area contributed by atoms with E-state index in [0.717, 1.165) is 79.1 Å². The van der Waals surface area contributed by atoms with E-state index >= 15 is 0 Å². The molecule has 1 amide bonds. The zero-order chi connectivity index (χ0) is 24.6. The maximum absolute atomic E-state index is 13.5. The number of rotatable bonds is 5. The first-order valence-corrected chi connectivity index (χ1v) is 14.3.